The minimum atomic E-state index is -0.276. The molecule has 0 unspecified atom stereocenters. The molecule has 0 saturated heterocycles. The Morgan fingerprint density at radius 2 is 2.15 bits per heavy atom. The lowest BCUT2D eigenvalue weighted by Crippen LogP contribution is -1.85. The molecule has 1 aromatic carbocycles. The van der Waals surface area contributed by atoms with Crippen LogP contribution in [0.1, 0.15) is 5.56 Å². The van der Waals surface area contributed by atoms with E-state index in [1.807, 2.05) is 0 Å². The zero-order valence-electron chi connectivity index (χ0n) is 6.90. The molecule has 0 aliphatic heterocycles. The summed E-state index contributed by atoms with van der Waals surface area (Å²) in [4.78, 5) is 4.66. The lowest BCUT2D eigenvalue weighted by molar-refractivity contribution is 0.181. The molecule has 0 atom stereocenters. The van der Waals surface area contributed by atoms with Gasteiger partial charge in [0.25, 0.3) is 0 Å². The molecule has 0 spiro atoms. The molecule has 0 aromatic heterocycles. The van der Waals surface area contributed by atoms with Gasteiger partial charge in [0.2, 0.25) is 0 Å². The predicted octanol–water partition coefficient (Wildman–Crippen LogP) is 1.81. The number of oxime groups is 1. The zero-order chi connectivity index (χ0) is 9.52. The monoisotopic (exact) mass is 177 g/mol. The van der Waals surface area contributed by atoms with Crippen LogP contribution in [0.3, 0.4) is 0 Å². The lowest BCUT2D eigenvalue weighted by atomic mass is 10.2. The first kappa shape index (κ1) is 9.27. The van der Waals surface area contributed by atoms with Crippen LogP contribution in [0.2, 0.25) is 0 Å². The first-order valence-corrected chi connectivity index (χ1v) is 3.67. The number of rotatable bonds is 3. The smallest absolute Gasteiger partial charge is 0.177 e. The summed E-state index contributed by atoms with van der Waals surface area (Å²) in [7, 11) is 0. The van der Waals surface area contributed by atoms with Gasteiger partial charge >= 0.3 is 0 Å². The molecule has 0 aliphatic carbocycles. The van der Waals surface area contributed by atoms with Crippen LogP contribution in [0.25, 0.3) is 0 Å². The Morgan fingerprint density at radius 3 is 2.77 bits per heavy atom. The van der Waals surface area contributed by atoms with Crippen molar-refractivity contribution in [3.63, 3.8) is 0 Å². The highest BCUT2D eigenvalue weighted by atomic mass is 19.1. The van der Waals surface area contributed by atoms with Crippen LogP contribution in [0, 0.1) is 18.2 Å². The van der Waals surface area contributed by atoms with Crippen molar-refractivity contribution in [1.82, 2.24) is 0 Å². The Labute approximate surface area is 76.0 Å². The molecule has 0 saturated carbocycles. The van der Waals surface area contributed by atoms with Gasteiger partial charge in [0.05, 0.1) is 6.21 Å². The van der Waals surface area contributed by atoms with Gasteiger partial charge in [-0.2, -0.15) is 0 Å². The molecule has 1 rings (SSSR count). The third-order valence-corrected chi connectivity index (χ3v) is 1.29. The minimum Gasteiger partial charge on any atom is -0.383 e. The summed E-state index contributed by atoms with van der Waals surface area (Å²) in [6, 6.07) is 5.89. The standard InChI is InChI=1S/C10H8FNO/c1-2-7-13-12-8-9-3-5-10(11)6-4-9/h1,3-6,8H,7H2. The summed E-state index contributed by atoms with van der Waals surface area (Å²) < 4.78 is 12.4. The summed E-state index contributed by atoms with van der Waals surface area (Å²) in [5, 5.41) is 3.57. The molecule has 2 nitrogen and oxygen atoms in total. The Bertz CT molecular complexity index is 324. The summed E-state index contributed by atoms with van der Waals surface area (Å²) in [6.45, 7) is 0.137. The third kappa shape index (κ3) is 3.39. The molecule has 0 aliphatic rings. The number of hydrogen-bond acceptors (Lipinski definition) is 2. The maximum Gasteiger partial charge on any atom is 0.177 e. The molecule has 0 bridgehead atoms. The molecular weight excluding hydrogens is 169 g/mol. The average molecular weight is 177 g/mol. The van der Waals surface area contributed by atoms with Crippen molar-refractivity contribution in [2.45, 2.75) is 0 Å². The van der Waals surface area contributed by atoms with Crippen molar-refractivity contribution < 1.29 is 9.23 Å². The fourth-order valence-corrected chi connectivity index (χ4v) is 0.722. The van der Waals surface area contributed by atoms with E-state index in [2.05, 4.69) is 15.9 Å². The summed E-state index contributed by atoms with van der Waals surface area (Å²) >= 11 is 0. The van der Waals surface area contributed by atoms with E-state index in [1.54, 1.807) is 12.1 Å². The number of terminal acetylenes is 1. The quantitative estimate of drug-likeness (QED) is 0.298. The van der Waals surface area contributed by atoms with E-state index in [0.29, 0.717) is 0 Å². The molecule has 1 aromatic rings. The van der Waals surface area contributed by atoms with E-state index in [4.69, 9.17) is 6.42 Å². The second-order valence-electron chi connectivity index (χ2n) is 2.26. The van der Waals surface area contributed by atoms with Crippen molar-refractivity contribution in [3.8, 4) is 12.3 Å². The summed E-state index contributed by atoms with van der Waals surface area (Å²) in [5.41, 5.74) is 0.762. The molecule has 13 heavy (non-hydrogen) atoms. The first-order valence-electron chi connectivity index (χ1n) is 3.67. The van der Waals surface area contributed by atoms with Gasteiger partial charge in [0, 0.05) is 0 Å². The zero-order valence-corrected chi connectivity index (χ0v) is 6.90. The third-order valence-electron chi connectivity index (χ3n) is 1.29. The fourth-order valence-electron chi connectivity index (χ4n) is 0.722. The van der Waals surface area contributed by atoms with Crippen molar-refractivity contribution in [3.05, 3.63) is 35.6 Å². The molecule has 0 amide bonds. The van der Waals surface area contributed by atoms with Crippen LogP contribution >= 0.6 is 0 Å². The van der Waals surface area contributed by atoms with E-state index in [0.717, 1.165) is 5.56 Å². The summed E-state index contributed by atoms with van der Waals surface area (Å²) in [6.07, 6.45) is 6.40. The van der Waals surface area contributed by atoms with Gasteiger partial charge in [0.15, 0.2) is 6.61 Å². The van der Waals surface area contributed by atoms with Gasteiger partial charge in [-0.25, -0.2) is 4.39 Å². The van der Waals surface area contributed by atoms with Gasteiger partial charge in [-0.05, 0) is 17.7 Å². The van der Waals surface area contributed by atoms with E-state index in [-0.39, 0.29) is 12.4 Å². The predicted molar refractivity (Wildman–Crippen MR) is 48.8 cm³/mol. The van der Waals surface area contributed by atoms with Gasteiger partial charge in [0.1, 0.15) is 5.82 Å². The van der Waals surface area contributed by atoms with Crippen molar-refractivity contribution >= 4 is 6.21 Å². The molecule has 66 valence electrons. The van der Waals surface area contributed by atoms with Crippen LogP contribution in [0.15, 0.2) is 29.4 Å². The number of hydrogen-bond donors (Lipinski definition) is 0. The van der Waals surface area contributed by atoms with Gasteiger partial charge in [-0.15, -0.1) is 6.42 Å². The van der Waals surface area contributed by atoms with Crippen molar-refractivity contribution in [2.24, 2.45) is 5.16 Å². The highest BCUT2D eigenvalue weighted by molar-refractivity contribution is 5.78. The second-order valence-corrected chi connectivity index (χ2v) is 2.26. The minimum absolute atomic E-state index is 0.137. The molecule has 0 radical (unpaired) electrons. The van der Waals surface area contributed by atoms with Gasteiger partial charge < -0.3 is 4.84 Å². The first-order chi connectivity index (χ1) is 6.33. The molecule has 0 fully saturated rings. The van der Waals surface area contributed by atoms with Crippen LogP contribution < -0.4 is 0 Å². The lowest BCUT2D eigenvalue weighted by Gasteiger charge is -1.92. The van der Waals surface area contributed by atoms with E-state index in [9.17, 15) is 4.39 Å². The van der Waals surface area contributed by atoms with Crippen molar-refractivity contribution in [2.75, 3.05) is 6.61 Å². The Hall–Kier alpha value is -1.82. The van der Waals surface area contributed by atoms with Crippen molar-refractivity contribution in [1.29, 1.82) is 0 Å². The Morgan fingerprint density at radius 1 is 1.46 bits per heavy atom. The SMILES string of the molecule is C#CCON=Cc1ccc(F)cc1. The van der Waals surface area contributed by atoms with Crippen LogP contribution in [0.4, 0.5) is 4.39 Å². The topological polar surface area (TPSA) is 21.6 Å². The molecule has 0 heterocycles. The Balaban J connectivity index is 2.50. The highest BCUT2D eigenvalue weighted by Crippen LogP contribution is 1.99. The number of halogens is 1. The molecule has 3 heteroatoms. The van der Waals surface area contributed by atoms with E-state index in [1.165, 1.54) is 18.3 Å². The van der Waals surface area contributed by atoms with E-state index >= 15 is 0 Å². The normalized spacial score (nSPS) is 9.85. The highest BCUT2D eigenvalue weighted by Gasteiger charge is 1.88. The van der Waals surface area contributed by atoms with Gasteiger partial charge in [-0.1, -0.05) is 23.2 Å². The Kier molecular flexibility index (Phi) is 3.52. The van der Waals surface area contributed by atoms with Gasteiger partial charge in [-0.3, -0.25) is 0 Å². The van der Waals surface area contributed by atoms with E-state index < -0.39 is 0 Å². The molecular formula is C10H8FNO. The molecule has 0 N–H and O–H groups in total. The number of nitrogens with zero attached hydrogens (tertiary/aromatic N) is 1. The van der Waals surface area contributed by atoms with Crippen LogP contribution in [-0.2, 0) is 4.84 Å². The average Bonchev–Trinajstić information content (AvgIpc) is 2.15. The van der Waals surface area contributed by atoms with Crippen LogP contribution in [0.5, 0.6) is 0 Å². The fraction of sp³-hybridized carbons (Fsp3) is 0.100. The largest absolute Gasteiger partial charge is 0.383 e. The second kappa shape index (κ2) is 4.94. The maximum absolute atomic E-state index is 12.4. The maximum atomic E-state index is 12.4. The summed E-state index contributed by atoms with van der Waals surface area (Å²) in [5.74, 6) is 1.99. The number of benzene rings is 1. The van der Waals surface area contributed by atoms with Crippen LogP contribution in [-0.4, -0.2) is 12.8 Å².